The molecule has 0 unspecified atom stereocenters. The Kier molecular flexibility index (Phi) is 6.39. The quantitative estimate of drug-likeness (QED) is 0.537. The van der Waals surface area contributed by atoms with Gasteiger partial charge in [0.15, 0.2) is 5.75 Å². The van der Waals surface area contributed by atoms with Gasteiger partial charge in [0.1, 0.15) is 5.69 Å². The number of nitrogens with zero attached hydrogens (tertiary/aromatic N) is 2. The molecule has 0 fully saturated rings. The van der Waals surface area contributed by atoms with E-state index in [4.69, 9.17) is 9.47 Å². The second-order valence-corrected chi connectivity index (χ2v) is 4.59. The van der Waals surface area contributed by atoms with Gasteiger partial charge in [0.2, 0.25) is 0 Å². The first-order valence-corrected chi connectivity index (χ1v) is 6.84. The fourth-order valence-corrected chi connectivity index (χ4v) is 1.92. The molecule has 0 N–H and O–H groups in total. The number of carbonyl (C=O) groups excluding carboxylic acids is 1. The molecule has 1 heterocycles. The molecule has 1 aromatic heterocycles. The normalized spacial score (nSPS) is 10.5. The van der Waals surface area contributed by atoms with Crippen molar-refractivity contribution in [1.29, 1.82) is 0 Å². The van der Waals surface area contributed by atoms with Crippen LogP contribution in [0.2, 0.25) is 0 Å². The molecule has 5 nitrogen and oxygen atoms in total. The van der Waals surface area contributed by atoms with Crippen molar-refractivity contribution in [3.05, 3.63) is 11.4 Å². The summed E-state index contributed by atoms with van der Waals surface area (Å²) in [6, 6.07) is 0. The summed E-state index contributed by atoms with van der Waals surface area (Å²) >= 11 is 0. The van der Waals surface area contributed by atoms with Gasteiger partial charge in [-0.05, 0) is 40.0 Å². The molecule has 1 rings (SSSR count). The highest BCUT2D eigenvalue weighted by atomic mass is 16.5. The SMILES string of the molecule is CCOC(=O)CCCCCOc1c(C)nn(C)c1C. The number of hydrogen-bond acceptors (Lipinski definition) is 4. The molecule has 0 aliphatic heterocycles. The van der Waals surface area contributed by atoms with Crippen molar-refractivity contribution in [3.8, 4) is 5.75 Å². The Morgan fingerprint density at radius 3 is 2.58 bits per heavy atom. The summed E-state index contributed by atoms with van der Waals surface area (Å²) in [5, 5.41) is 4.30. The molecular weight excluding hydrogens is 244 g/mol. The predicted octanol–water partition coefficient (Wildman–Crippen LogP) is 2.54. The zero-order valence-electron chi connectivity index (χ0n) is 12.4. The molecular formula is C14H24N2O3. The van der Waals surface area contributed by atoms with E-state index in [1.54, 1.807) is 0 Å². The standard InChI is InChI=1S/C14H24N2O3/c1-5-18-13(17)9-7-6-8-10-19-14-11(2)15-16(4)12(14)3/h5-10H2,1-4H3. The molecule has 108 valence electrons. The Morgan fingerprint density at radius 1 is 1.26 bits per heavy atom. The van der Waals surface area contributed by atoms with Crippen LogP contribution in [0.5, 0.6) is 5.75 Å². The Balaban J connectivity index is 2.16. The van der Waals surface area contributed by atoms with E-state index in [0.29, 0.717) is 19.6 Å². The van der Waals surface area contributed by atoms with E-state index in [-0.39, 0.29) is 5.97 Å². The number of aromatic nitrogens is 2. The van der Waals surface area contributed by atoms with E-state index in [0.717, 1.165) is 36.4 Å². The molecule has 0 atom stereocenters. The van der Waals surface area contributed by atoms with Crippen LogP contribution in [0.1, 0.15) is 44.0 Å². The lowest BCUT2D eigenvalue weighted by Gasteiger charge is -2.06. The van der Waals surface area contributed by atoms with E-state index in [2.05, 4.69) is 5.10 Å². The van der Waals surface area contributed by atoms with Crippen LogP contribution in [0.15, 0.2) is 0 Å². The zero-order chi connectivity index (χ0) is 14.3. The van der Waals surface area contributed by atoms with Gasteiger partial charge in [0.05, 0.1) is 18.9 Å². The Morgan fingerprint density at radius 2 is 2.00 bits per heavy atom. The number of carbonyl (C=O) groups is 1. The van der Waals surface area contributed by atoms with Crippen molar-refractivity contribution in [2.75, 3.05) is 13.2 Å². The Hall–Kier alpha value is -1.52. The van der Waals surface area contributed by atoms with Gasteiger partial charge in [-0.25, -0.2) is 0 Å². The number of unbranched alkanes of at least 4 members (excludes halogenated alkanes) is 2. The van der Waals surface area contributed by atoms with Crippen LogP contribution >= 0.6 is 0 Å². The molecule has 0 amide bonds. The largest absolute Gasteiger partial charge is 0.490 e. The van der Waals surface area contributed by atoms with E-state index in [1.165, 1.54) is 0 Å². The van der Waals surface area contributed by atoms with Crippen LogP contribution in [0, 0.1) is 13.8 Å². The van der Waals surface area contributed by atoms with Crippen LogP contribution < -0.4 is 4.74 Å². The average Bonchev–Trinajstić information content (AvgIpc) is 2.59. The van der Waals surface area contributed by atoms with Crippen LogP contribution in [-0.2, 0) is 16.6 Å². The minimum atomic E-state index is -0.109. The second kappa shape index (κ2) is 7.81. The van der Waals surface area contributed by atoms with Crippen molar-refractivity contribution < 1.29 is 14.3 Å². The number of rotatable bonds is 8. The van der Waals surface area contributed by atoms with Gasteiger partial charge in [-0.2, -0.15) is 5.10 Å². The topological polar surface area (TPSA) is 53.4 Å². The summed E-state index contributed by atoms with van der Waals surface area (Å²) in [6.07, 6.45) is 3.26. The average molecular weight is 268 g/mol. The van der Waals surface area contributed by atoms with Gasteiger partial charge in [-0.15, -0.1) is 0 Å². The summed E-state index contributed by atoms with van der Waals surface area (Å²) in [7, 11) is 1.91. The third-order valence-corrected chi connectivity index (χ3v) is 3.02. The highest BCUT2D eigenvalue weighted by Gasteiger charge is 2.10. The smallest absolute Gasteiger partial charge is 0.305 e. The van der Waals surface area contributed by atoms with Crippen LogP contribution in [0.25, 0.3) is 0 Å². The summed E-state index contributed by atoms with van der Waals surface area (Å²) in [5.41, 5.74) is 1.97. The molecule has 0 aromatic carbocycles. The van der Waals surface area contributed by atoms with Crippen molar-refractivity contribution in [2.24, 2.45) is 7.05 Å². The third-order valence-electron chi connectivity index (χ3n) is 3.02. The predicted molar refractivity (Wildman–Crippen MR) is 73.3 cm³/mol. The first-order valence-electron chi connectivity index (χ1n) is 6.84. The van der Waals surface area contributed by atoms with Gasteiger partial charge in [0, 0.05) is 13.5 Å². The number of aryl methyl sites for hydroxylation is 2. The fourth-order valence-electron chi connectivity index (χ4n) is 1.92. The van der Waals surface area contributed by atoms with Gasteiger partial charge >= 0.3 is 5.97 Å². The number of esters is 1. The van der Waals surface area contributed by atoms with Gasteiger partial charge in [0.25, 0.3) is 0 Å². The summed E-state index contributed by atoms with van der Waals surface area (Å²) < 4.78 is 12.4. The van der Waals surface area contributed by atoms with Crippen LogP contribution in [0.4, 0.5) is 0 Å². The molecule has 0 aliphatic rings. The van der Waals surface area contributed by atoms with E-state index in [1.807, 2.05) is 32.5 Å². The lowest BCUT2D eigenvalue weighted by atomic mass is 10.2. The van der Waals surface area contributed by atoms with Crippen molar-refractivity contribution in [3.63, 3.8) is 0 Å². The fraction of sp³-hybridized carbons (Fsp3) is 0.714. The first-order chi connectivity index (χ1) is 9.06. The molecule has 0 spiro atoms. The van der Waals surface area contributed by atoms with Gasteiger partial charge in [-0.3, -0.25) is 9.48 Å². The van der Waals surface area contributed by atoms with Crippen LogP contribution in [-0.4, -0.2) is 29.0 Å². The number of hydrogen-bond donors (Lipinski definition) is 0. The molecule has 0 radical (unpaired) electrons. The maximum Gasteiger partial charge on any atom is 0.305 e. The van der Waals surface area contributed by atoms with E-state index < -0.39 is 0 Å². The molecule has 0 saturated carbocycles. The zero-order valence-corrected chi connectivity index (χ0v) is 12.4. The van der Waals surface area contributed by atoms with E-state index in [9.17, 15) is 4.79 Å². The molecule has 19 heavy (non-hydrogen) atoms. The highest BCUT2D eigenvalue weighted by molar-refractivity contribution is 5.69. The van der Waals surface area contributed by atoms with Crippen LogP contribution in [0.3, 0.4) is 0 Å². The lowest BCUT2D eigenvalue weighted by Crippen LogP contribution is -2.04. The Bertz CT molecular complexity index is 413. The maximum atomic E-state index is 11.1. The molecule has 0 saturated heterocycles. The summed E-state index contributed by atoms with van der Waals surface area (Å²) in [4.78, 5) is 11.1. The summed E-state index contributed by atoms with van der Waals surface area (Å²) in [5.74, 6) is 0.773. The first kappa shape index (κ1) is 15.5. The highest BCUT2D eigenvalue weighted by Crippen LogP contribution is 2.21. The lowest BCUT2D eigenvalue weighted by molar-refractivity contribution is -0.143. The Labute approximate surface area is 114 Å². The van der Waals surface area contributed by atoms with Gasteiger partial charge in [-0.1, -0.05) is 0 Å². The monoisotopic (exact) mass is 268 g/mol. The van der Waals surface area contributed by atoms with E-state index >= 15 is 0 Å². The van der Waals surface area contributed by atoms with Gasteiger partial charge < -0.3 is 9.47 Å². The van der Waals surface area contributed by atoms with Crippen molar-refractivity contribution in [1.82, 2.24) is 9.78 Å². The molecule has 1 aromatic rings. The minimum absolute atomic E-state index is 0.109. The van der Waals surface area contributed by atoms with Crippen molar-refractivity contribution in [2.45, 2.75) is 46.5 Å². The maximum absolute atomic E-state index is 11.1. The molecule has 0 aliphatic carbocycles. The van der Waals surface area contributed by atoms with Crippen molar-refractivity contribution >= 4 is 5.97 Å². The minimum Gasteiger partial charge on any atom is -0.490 e. The molecule has 5 heteroatoms. The third kappa shape index (κ3) is 4.93. The second-order valence-electron chi connectivity index (χ2n) is 4.59. The number of ether oxygens (including phenoxy) is 2. The molecule has 0 bridgehead atoms. The summed E-state index contributed by atoms with van der Waals surface area (Å²) in [6.45, 7) is 6.89.